The van der Waals surface area contributed by atoms with Crippen molar-refractivity contribution in [3.05, 3.63) is 40.7 Å². The molecule has 124 valence electrons. The van der Waals surface area contributed by atoms with E-state index in [1.165, 1.54) is 0 Å². The van der Waals surface area contributed by atoms with Crippen LogP contribution in [0.4, 0.5) is 0 Å². The summed E-state index contributed by atoms with van der Waals surface area (Å²) in [5.74, 6) is 1.43. The maximum absolute atomic E-state index is 12.4. The Morgan fingerprint density at radius 1 is 1.29 bits per heavy atom. The average Bonchev–Trinajstić information content (AvgIpc) is 3.35. The maximum atomic E-state index is 12.4. The number of piperidine rings is 1. The van der Waals surface area contributed by atoms with Gasteiger partial charge in [-0.3, -0.25) is 9.48 Å². The van der Waals surface area contributed by atoms with Crippen LogP contribution in [0.3, 0.4) is 0 Å². The van der Waals surface area contributed by atoms with Gasteiger partial charge in [-0.25, -0.2) is 0 Å². The zero-order valence-electron chi connectivity index (χ0n) is 13.3. The highest BCUT2D eigenvalue weighted by Gasteiger charge is 2.28. The Balaban J connectivity index is 1.40. The van der Waals surface area contributed by atoms with Crippen molar-refractivity contribution in [3.8, 4) is 11.5 Å². The van der Waals surface area contributed by atoms with Gasteiger partial charge in [0.2, 0.25) is 11.8 Å². The molecule has 1 aliphatic heterocycles. The van der Waals surface area contributed by atoms with E-state index >= 15 is 0 Å². The van der Waals surface area contributed by atoms with Crippen LogP contribution in [0.1, 0.15) is 35.1 Å². The van der Waals surface area contributed by atoms with Gasteiger partial charge in [0.25, 0.3) is 5.91 Å². The third-order valence-electron chi connectivity index (χ3n) is 4.27. The van der Waals surface area contributed by atoms with Crippen LogP contribution >= 0.6 is 11.3 Å². The molecule has 24 heavy (non-hydrogen) atoms. The van der Waals surface area contributed by atoms with Crippen LogP contribution in [-0.2, 0) is 7.05 Å². The average molecular weight is 343 g/mol. The molecule has 1 saturated heterocycles. The van der Waals surface area contributed by atoms with E-state index in [1.54, 1.807) is 28.3 Å². The predicted molar refractivity (Wildman–Crippen MR) is 88.7 cm³/mol. The molecule has 8 heteroatoms. The molecule has 1 aliphatic rings. The van der Waals surface area contributed by atoms with Crippen molar-refractivity contribution in [1.82, 2.24) is 24.9 Å². The lowest BCUT2D eigenvalue weighted by Crippen LogP contribution is -2.38. The summed E-state index contributed by atoms with van der Waals surface area (Å²) >= 11 is 1.60. The number of likely N-dealkylation sites (tertiary alicyclic amines) is 1. The Bertz CT molecular complexity index is 830. The van der Waals surface area contributed by atoms with Crippen LogP contribution in [0.5, 0.6) is 0 Å². The van der Waals surface area contributed by atoms with E-state index in [0.717, 1.165) is 18.4 Å². The molecule has 4 rings (SSSR count). The molecule has 4 heterocycles. The Morgan fingerprint density at radius 3 is 2.79 bits per heavy atom. The summed E-state index contributed by atoms with van der Waals surface area (Å²) in [5, 5.41) is 16.5. The van der Waals surface area contributed by atoms with Gasteiger partial charge < -0.3 is 9.32 Å². The first-order valence-corrected chi connectivity index (χ1v) is 8.80. The monoisotopic (exact) mass is 343 g/mol. The van der Waals surface area contributed by atoms with Crippen molar-refractivity contribution in [2.75, 3.05) is 13.1 Å². The summed E-state index contributed by atoms with van der Waals surface area (Å²) in [7, 11) is 1.81. The lowest BCUT2D eigenvalue weighted by molar-refractivity contribution is 0.0699. The molecule has 0 aromatic carbocycles. The largest absolute Gasteiger partial charge is 0.420 e. The number of carbonyl (C=O) groups is 1. The minimum Gasteiger partial charge on any atom is -0.420 e. The molecular weight excluding hydrogens is 326 g/mol. The van der Waals surface area contributed by atoms with Gasteiger partial charge >= 0.3 is 0 Å². The highest BCUT2D eigenvalue weighted by molar-refractivity contribution is 7.08. The van der Waals surface area contributed by atoms with E-state index < -0.39 is 0 Å². The topological polar surface area (TPSA) is 77.0 Å². The molecule has 0 spiro atoms. The van der Waals surface area contributed by atoms with Gasteiger partial charge in [0.05, 0.1) is 0 Å². The van der Waals surface area contributed by atoms with Crippen LogP contribution in [-0.4, -0.2) is 43.9 Å². The number of nitrogens with zero attached hydrogens (tertiary/aromatic N) is 5. The molecule has 0 aliphatic carbocycles. The maximum Gasteiger partial charge on any atom is 0.274 e. The fourth-order valence-electron chi connectivity index (χ4n) is 2.92. The molecule has 0 bridgehead atoms. The first-order chi connectivity index (χ1) is 11.7. The smallest absolute Gasteiger partial charge is 0.274 e. The number of hydrogen-bond acceptors (Lipinski definition) is 6. The molecule has 0 N–H and O–H groups in total. The number of carbonyl (C=O) groups excluding carboxylic acids is 1. The van der Waals surface area contributed by atoms with Crippen molar-refractivity contribution < 1.29 is 9.21 Å². The van der Waals surface area contributed by atoms with Gasteiger partial charge in [-0.05, 0) is 30.4 Å². The third-order valence-corrected chi connectivity index (χ3v) is 4.96. The molecule has 1 amide bonds. The molecule has 1 fully saturated rings. The summed E-state index contributed by atoms with van der Waals surface area (Å²) in [6.45, 7) is 1.35. The van der Waals surface area contributed by atoms with E-state index in [4.69, 9.17) is 4.42 Å². The van der Waals surface area contributed by atoms with Gasteiger partial charge in [-0.2, -0.15) is 16.4 Å². The van der Waals surface area contributed by atoms with Gasteiger partial charge in [0, 0.05) is 43.2 Å². The number of hydrogen-bond donors (Lipinski definition) is 0. The Hall–Kier alpha value is -2.48. The zero-order valence-corrected chi connectivity index (χ0v) is 14.1. The molecule has 3 aromatic heterocycles. The molecular formula is C16H17N5O2S. The normalized spacial score (nSPS) is 15.8. The third kappa shape index (κ3) is 2.84. The second kappa shape index (κ2) is 6.20. The van der Waals surface area contributed by atoms with Crippen molar-refractivity contribution in [1.29, 1.82) is 0 Å². The van der Waals surface area contributed by atoms with Crippen LogP contribution in [0, 0.1) is 0 Å². The van der Waals surface area contributed by atoms with Gasteiger partial charge in [0.1, 0.15) is 5.69 Å². The summed E-state index contributed by atoms with van der Waals surface area (Å²) in [5.41, 5.74) is 1.45. The van der Waals surface area contributed by atoms with Crippen molar-refractivity contribution in [2.24, 2.45) is 7.05 Å². The molecule has 3 aromatic rings. The van der Waals surface area contributed by atoms with Crippen LogP contribution in [0.15, 0.2) is 33.5 Å². The Labute approximate surface area is 142 Å². The second-order valence-corrected chi connectivity index (χ2v) is 6.68. The van der Waals surface area contributed by atoms with E-state index in [2.05, 4.69) is 15.3 Å². The summed E-state index contributed by atoms with van der Waals surface area (Å²) < 4.78 is 7.46. The van der Waals surface area contributed by atoms with Gasteiger partial charge in [-0.1, -0.05) is 0 Å². The van der Waals surface area contributed by atoms with Crippen molar-refractivity contribution >= 4 is 17.2 Å². The zero-order chi connectivity index (χ0) is 16.5. The van der Waals surface area contributed by atoms with Crippen LogP contribution in [0.25, 0.3) is 11.5 Å². The molecule has 0 radical (unpaired) electrons. The lowest BCUT2D eigenvalue weighted by atomic mass is 9.96. The second-order valence-electron chi connectivity index (χ2n) is 5.90. The van der Waals surface area contributed by atoms with E-state index in [9.17, 15) is 4.79 Å². The van der Waals surface area contributed by atoms with Gasteiger partial charge in [-0.15, -0.1) is 10.2 Å². The summed E-state index contributed by atoms with van der Waals surface area (Å²) in [6.07, 6.45) is 3.43. The minimum absolute atomic E-state index is 0.0152. The van der Waals surface area contributed by atoms with E-state index in [-0.39, 0.29) is 11.8 Å². The molecule has 0 atom stereocenters. The predicted octanol–water partition coefficient (Wildman–Crippen LogP) is 2.55. The van der Waals surface area contributed by atoms with E-state index in [0.29, 0.717) is 30.6 Å². The van der Waals surface area contributed by atoms with Crippen molar-refractivity contribution in [2.45, 2.75) is 18.8 Å². The highest BCUT2D eigenvalue weighted by Crippen LogP contribution is 2.30. The fourth-order valence-corrected chi connectivity index (χ4v) is 3.55. The van der Waals surface area contributed by atoms with E-state index in [1.807, 2.05) is 28.8 Å². The van der Waals surface area contributed by atoms with Crippen molar-refractivity contribution in [3.63, 3.8) is 0 Å². The number of aryl methyl sites for hydroxylation is 1. The number of amides is 1. The molecule has 7 nitrogen and oxygen atoms in total. The van der Waals surface area contributed by atoms with Crippen LogP contribution < -0.4 is 0 Å². The van der Waals surface area contributed by atoms with Crippen LogP contribution in [0.2, 0.25) is 0 Å². The SMILES string of the molecule is Cn1ccc(C(=O)N2CCC(c3nnc(-c4ccsc4)o3)CC2)n1. The highest BCUT2D eigenvalue weighted by atomic mass is 32.1. The number of aromatic nitrogens is 4. The molecule has 0 saturated carbocycles. The molecule has 0 unspecified atom stereocenters. The quantitative estimate of drug-likeness (QED) is 0.730. The Kier molecular flexibility index (Phi) is 3.89. The first kappa shape index (κ1) is 15.1. The minimum atomic E-state index is -0.0152. The Morgan fingerprint density at radius 2 is 2.12 bits per heavy atom. The summed E-state index contributed by atoms with van der Waals surface area (Å²) in [6, 6.07) is 3.72. The summed E-state index contributed by atoms with van der Waals surface area (Å²) in [4.78, 5) is 14.3. The first-order valence-electron chi connectivity index (χ1n) is 7.85. The standard InChI is InChI=1S/C16H17N5O2S/c1-20-6-4-13(19-20)16(22)21-7-2-11(3-8-21)14-17-18-15(23-14)12-5-9-24-10-12/h4-6,9-11H,2-3,7-8H2,1H3. The number of rotatable bonds is 3. The number of thiophene rings is 1. The van der Waals surface area contributed by atoms with Gasteiger partial charge in [0.15, 0.2) is 0 Å². The fraction of sp³-hybridized carbons (Fsp3) is 0.375. The lowest BCUT2D eigenvalue weighted by Gasteiger charge is -2.29.